The molecule has 3 rings (SSSR count). The topological polar surface area (TPSA) is 158 Å². The van der Waals surface area contributed by atoms with Gasteiger partial charge in [0.2, 0.25) is 5.91 Å². The Morgan fingerprint density at radius 3 is 2.96 bits per heavy atom. The second-order valence-electron chi connectivity index (χ2n) is 5.44. The van der Waals surface area contributed by atoms with Crippen LogP contribution in [0.15, 0.2) is 6.33 Å². The number of nitrogens with one attached hydrogen (secondary N) is 1. The van der Waals surface area contributed by atoms with Crippen LogP contribution in [0, 0.1) is 3.83 Å². The largest absolute Gasteiger partial charge is 0.387 e. The van der Waals surface area contributed by atoms with Crippen molar-refractivity contribution in [3.8, 4) is 0 Å². The Kier molecular flexibility index (Phi) is 5.33. The molecule has 2 aromatic heterocycles. The van der Waals surface area contributed by atoms with Gasteiger partial charge in [0.15, 0.2) is 21.5 Å². The molecule has 0 aliphatic carbocycles. The molecule has 0 unspecified atom stereocenters. The first-order chi connectivity index (χ1) is 11.9. The molecule has 4 atom stereocenters. The highest BCUT2D eigenvalue weighted by Gasteiger charge is 2.44. The number of nitrogens with two attached hydrogens (primary N) is 1. The number of aliphatic hydroxyl groups excluding tert-OH is 2. The quantitative estimate of drug-likeness (QED) is 0.250. The minimum Gasteiger partial charge on any atom is -0.387 e. The molecular formula is C13H17IN6O5. The number of imidazole rings is 1. The Morgan fingerprint density at radius 1 is 1.48 bits per heavy atom. The smallest absolute Gasteiger partial charge is 0.243 e. The predicted octanol–water partition coefficient (Wildman–Crippen LogP) is -0.910. The number of fused-ring (bicyclic) bond motifs is 1. The second kappa shape index (κ2) is 7.33. The minimum absolute atomic E-state index is 0.123. The van der Waals surface area contributed by atoms with Crippen molar-refractivity contribution in [1.82, 2.24) is 25.0 Å². The molecule has 12 heteroatoms. The second-order valence-corrected chi connectivity index (χ2v) is 6.40. The molecule has 136 valence electrons. The number of anilines is 1. The summed E-state index contributed by atoms with van der Waals surface area (Å²) in [5.74, 6) is -0.0877. The number of hydrogen-bond acceptors (Lipinski definition) is 9. The predicted molar refractivity (Wildman–Crippen MR) is 92.8 cm³/mol. The Hall–Kier alpha value is -1.61. The lowest BCUT2D eigenvalue weighted by molar-refractivity contribution is -0.139. The summed E-state index contributed by atoms with van der Waals surface area (Å²) in [5, 5.41) is 20.5. The SMILES string of the molecule is CCC(=O)NOC[C@H]1O[C@@H](n2cnc3c(N)nc(I)nc32)[C@H](O)[C@@H]1O. The molecule has 11 nitrogen and oxygen atoms in total. The van der Waals surface area contributed by atoms with Gasteiger partial charge in [-0.25, -0.2) is 20.4 Å². The van der Waals surface area contributed by atoms with Gasteiger partial charge in [-0.2, -0.15) is 0 Å². The molecule has 0 saturated carbocycles. The van der Waals surface area contributed by atoms with Crippen molar-refractivity contribution < 1.29 is 24.6 Å². The first-order valence-corrected chi connectivity index (χ1v) is 8.58. The fraction of sp³-hybridized carbons (Fsp3) is 0.538. The lowest BCUT2D eigenvalue weighted by Gasteiger charge is -2.16. The summed E-state index contributed by atoms with van der Waals surface area (Å²) in [4.78, 5) is 28.6. The maximum absolute atomic E-state index is 11.2. The number of nitrogen functional groups attached to an aromatic ring is 1. The zero-order valence-electron chi connectivity index (χ0n) is 13.2. The van der Waals surface area contributed by atoms with E-state index in [1.54, 1.807) is 6.92 Å². The average molecular weight is 464 g/mol. The van der Waals surface area contributed by atoms with Gasteiger partial charge in [0.25, 0.3) is 0 Å². The molecule has 3 heterocycles. The minimum atomic E-state index is -1.23. The zero-order chi connectivity index (χ0) is 18.1. The van der Waals surface area contributed by atoms with Crippen molar-refractivity contribution in [2.75, 3.05) is 12.3 Å². The Balaban J connectivity index is 1.78. The van der Waals surface area contributed by atoms with Crippen molar-refractivity contribution in [3.05, 3.63) is 10.2 Å². The van der Waals surface area contributed by atoms with E-state index in [4.69, 9.17) is 15.3 Å². The van der Waals surface area contributed by atoms with Gasteiger partial charge < -0.3 is 20.7 Å². The number of nitrogens with zero attached hydrogens (tertiary/aromatic N) is 4. The number of amides is 1. The monoisotopic (exact) mass is 464 g/mol. The van der Waals surface area contributed by atoms with E-state index in [0.29, 0.717) is 15.0 Å². The number of rotatable bonds is 5. The van der Waals surface area contributed by atoms with Gasteiger partial charge >= 0.3 is 0 Å². The summed E-state index contributed by atoms with van der Waals surface area (Å²) < 4.78 is 7.57. The Labute approximate surface area is 155 Å². The highest BCUT2D eigenvalue weighted by atomic mass is 127. The molecule has 0 aromatic carbocycles. The summed E-state index contributed by atoms with van der Waals surface area (Å²) in [6.07, 6.45) is -2.54. The van der Waals surface area contributed by atoms with E-state index in [0.717, 1.165) is 0 Å². The fourth-order valence-corrected chi connectivity index (χ4v) is 2.96. The number of carbonyl (C=O) groups excluding carboxylic acids is 1. The van der Waals surface area contributed by atoms with E-state index < -0.39 is 24.5 Å². The molecule has 1 aliphatic heterocycles. The molecule has 0 radical (unpaired) electrons. The summed E-state index contributed by atoms with van der Waals surface area (Å²) in [5.41, 5.74) is 8.80. The molecular weight excluding hydrogens is 447 g/mol. The summed E-state index contributed by atoms with van der Waals surface area (Å²) in [6.45, 7) is 1.56. The van der Waals surface area contributed by atoms with Crippen LogP contribution in [0.3, 0.4) is 0 Å². The Bertz CT molecular complexity index is 786. The molecule has 25 heavy (non-hydrogen) atoms. The lowest BCUT2D eigenvalue weighted by Crippen LogP contribution is -2.36. The van der Waals surface area contributed by atoms with Gasteiger partial charge in [0.1, 0.15) is 30.4 Å². The standard InChI is InChI=1S/C13H17IN6O5/c1-2-6(21)19-24-3-5-8(22)9(23)12(25-5)20-4-16-7-10(15)17-13(14)18-11(7)20/h4-5,8-9,12,22-23H,2-3H2,1H3,(H,19,21)(H2,15,17,18)/t5-,8-,9-,12-/m1/s1. The average Bonchev–Trinajstić information content (AvgIpc) is 3.11. The third-order valence-electron chi connectivity index (χ3n) is 3.79. The molecule has 1 fully saturated rings. The molecule has 2 aromatic rings. The van der Waals surface area contributed by atoms with E-state index in [2.05, 4.69) is 20.4 Å². The van der Waals surface area contributed by atoms with Crippen LogP contribution >= 0.6 is 22.6 Å². The van der Waals surface area contributed by atoms with E-state index >= 15 is 0 Å². The lowest BCUT2D eigenvalue weighted by atomic mass is 10.1. The highest BCUT2D eigenvalue weighted by molar-refractivity contribution is 14.1. The maximum Gasteiger partial charge on any atom is 0.243 e. The third-order valence-corrected chi connectivity index (χ3v) is 4.27. The van der Waals surface area contributed by atoms with Gasteiger partial charge in [0, 0.05) is 29.0 Å². The van der Waals surface area contributed by atoms with E-state index in [1.807, 2.05) is 22.6 Å². The van der Waals surface area contributed by atoms with Crippen LogP contribution in [0.2, 0.25) is 0 Å². The van der Waals surface area contributed by atoms with Gasteiger partial charge in [-0.3, -0.25) is 14.2 Å². The first kappa shape index (κ1) is 18.2. The zero-order valence-corrected chi connectivity index (χ0v) is 15.3. The molecule has 1 aliphatic rings. The Morgan fingerprint density at radius 2 is 2.24 bits per heavy atom. The maximum atomic E-state index is 11.2. The molecule has 1 saturated heterocycles. The van der Waals surface area contributed by atoms with Gasteiger partial charge in [-0.05, 0) is 0 Å². The van der Waals surface area contributed by atoms with E-state index in [-0.39, 0.29) is 24.8 Å². The van der Waals surface area contributed by atoms with Crippen LogP contribution < -0.4 is 11.2 Å². The van der Waals surface area contributed by atoms with Gasteiger partial charge in [-0.1, -0.05) is 6.92 Å². The van der Waals surface area contributed by atoms with Gasteiger partial charge in [0.05, 0.1) is 6.33 Å². The molecule has 5 N–H and O–H groups in total. The van der Waals surface area contributed by atoms with Gasteiger partial charge in [-0.15, -0.1) is 0 Å². The summed E-state index contributed by atoms with van der Waals surface area (Å²) in [7, 11) is 0. The van der Waals surface area contributed by atoms with E-state index in [1.165, 1.54) is 10.9 Å². The summed E-state index contributed by atoms with van der Waals surface area (Å²) in [6, 6.07) is 0. The van der Waals surface area contributed by atoms with Crippen molar-refractivity contribution in [2.24, 2.45) is 0 Å². The van der Waals surface area contributed by atoms with Crippen LogP contribution in [-0.2, 0) is 14.4 Å². The summed E-state index contributed by atoms with van der Waals surface area (Å²) >= 11 is 1.92. The van der Waals surface area contributed by atoms with Crippen LogP contribution in [0.5, 0.6) is 0 Å². The molecule has 0 bridgehead atoms. The number of ether oxygens (including phenoxy) is 1. The normalized spacial score (nSPS) is 26.2. The van der Waals surface area contributed by atoms with Crippen LogP contribution in [-0.4, -0.2) is 60.6 Å². The van der Waals surface area contributed by atoms with Crippen molar-refractivity contribution in [3.63, 3.8) is 0 Å². The van der Waals surface area contributed by atoms with E-state index in [9.17, 15) is 15.0 Å². The third kappa shape index (κ3) is 3.52. The number of hydroxylamine groups is 1. The number of carbonyl (C=O) groups is 1. The van der Waals surface area contributed by atoms with Crippen LogP contribution in [0.1, 0.15) is 19.6 Å². The molecule has 1 amide bonds. The fourth-order valence-electron chi connectivity index (χ4n) is 2.47. The number of aromatic nitrogens is 4. The van der Waals surface area contributed by atoms with Crippen molar-refractivity contribution in [2.45, 2.75) is 37.9 Å². The number of halogens is 1. The first-order valence-electron chi connectivity index (χ1n) is 7.50. The van der Waals surface area contributed by atoms with Crippen molar-refractivity contribution in [1.29, 1.82) is 0 Å². The number of hydrogen-bond donors (Lipinski definition) is 4. The molecule has 0 spiro atoms. The van der Waals surface area contributed by atoms with Crippen molar-refractivity contribution >= 4 is 45.5 Å². The number of aliphatic hydroxyl groups is 2. The van der Waals surface area contributed by atoms with Crippen LogP contribution in [0.4, 0.5) is 5.82 Å². The van der Waals surface area contributed by atoms with Crippen LogP contribution in [0.25, 0.3) is 11.2 Å². The highest BCUT2D eigenvalue weighted by Crippen LogP contribution is 2.32.